The third-order valence-corrected chi connectivity index (χ3v) is 2.06. The van der Waals surface area contributed by atoms with Crippen molar-refractivity contribution in [3.8, 4) is 0 Å². The van der Waals surface area contributed by atoms with Crippen LogP contribution >= 0.6 is 7.60 Å². The molecule has 0 aliphatic rings. The van der Waals surface area contributed by atoms with Crippen LogP contribution in [0.25, 0.3) is 0 Å². The average molecular weight is 161 g/mol. The van der Waals surface area contributed by atoms with E-state index in [9.17, 15) is 4.57 Å². The second-order valence-corrected chi connectivity index (χ2v) is 3.34. The lowest BCUT2D eigenvalue weighted by atomic mass is 10.5. The van der Waals surface area contributed by atoms with Crippen LogP contribution < -0.4 is 5.30 Å². The molecule has 1 radical (unpaired) electrons. The highest BCUT2D eigenvalue weighted by Gasteiger charge is 2.21. The Hall–Kier alpha value is -0.570. The van der Waals surface area contributed by atoms with E-state index in [0.29, 0.717) is 0 Å². The van der Waals surface area contributed by atoms with Crippen LogP contribution in [0, 0.1) is 6.92 Å². The van der Waals surface area contributed by atoms with E-state index < -0.39 is 7.60 Å². The van der Waals surface area contributed by atoms with Gasteiger partial charge in [-0.15, -0.1) is 0 Å². The largest absolute Gasteiger partial charge is 0.468 e. The summed E-state index contributed by atoms with van der Waals surface area (Å²) in [5.41, 5.74) is 0. The van der Waals surface area contributed by atoms with Gasteiger partial charge in [0.25, 0.3) is 0 Å². The van der Waals surface area contributed by atoms with E-state index in [2.05, 4.69) is 11.3 Å². The molecule has 1 aromatic heterocycles. The van der Waals surface area contributed by atoms with Gasteiger partial charge in [-0.2, -0.15) is 0 Å². The number of furan rings is 1. The van der Waals surface area contributed by atoms with Gasteiger partial charge in [0.2, 0.25) is 0 Å². The second-order valence-electron chi connectivity index (χ2n) is 1.77. The molecule has 0 amide bonds. The van der Waals surface area contributed by atoms with Crippen molar-refractivity contribution in [2.24, 2.45) is 0 Å². The van der Waals surface area contributed by atoms with Gasteiger partial charge >= 0.3 is 7.60 Å². The van der Waals surface area contributed by atoms with Crippen LogP contribution in [-0.4, -0.2) is 9.79 Å². The van der Waals surface area contributed by atoms with Gasteiger partial charge in [0.15, 0.2) is 0 Å². The van der Waals surface area contributed by atoms with Crippen molar-refractivity contribution in [2.45, 2.75) is 0 Å². The first-order valence-electron chi connectivity index (χ1n) is 2.47. The molecule has 0 aliphatic carbocycles. The molecule has 0 aliphatic heterocycles. The second kappa shape index (κ2) is 2.23. The van der Waals surface area contributed by atoms with E-state index in [0.717, 1.165) is 0 Å². The molecule has 0 saturated carbocycles. The molecule has 2 N–H and O–H groups in total. The molecule has 1 rings (SSSR count). The maximum atomic E-state index is 10.5. The first-order valence-corrected chi connectivity index (χ1v) is 4.08. The van der Waals surface area contributed by atoms with Crippen LogP contribution in [0.1, 0.15) is 5.76 Å². The standard InChI is InChI=1S/C5H6O4P/c1-4-5(2-3-9-4)10(6,7)8/h2-3H,1H2,(H2,6,7,8). The van der Waals surface area contributed by atoms with Crippen LogP contribution in [0.15, 0.2) is 16.7 Å². The molecule has 1 heterocycles. The van der Waals surface area contributed by atoms with E-state index in [1.54, 1.807) is 0 Å². The van der Waals surface area contributed by atoms with Gasteiger partial charge in [-0.25, -0.2) is 0 Å². The van der Waals surface area contributed by atoms with Crippen LogP contribution in [0.5, 0.6) is 0 Å². The Kier molecular flexibility index (Phi) is 1.68. The molecule has 10 heavy (non-hydrogen) atoms. The van der Waals surface area contributed by atoms with Crippen molar-refractivity contribution in [3.63, 3.8) is 0 Å². The summed E-state index contributed by atoms with van der Waals surface area (Å²) in [5.74, 6) is 0.0216. The van der Waals surface area contributed by atoms with E-state index in [1.165, 1.54) is 12.3 Å². The normalized spacial score (nSPS) is 11.9. The minimum atomic E-state index is -4.16. The summed E-state index contributed by atoms with van der Waals surface area (Å²) in [5, 5.41) is -0.146. The molecule has 0 unspecified atom stereocenters. The lowest BCUT2D eigenvalue weighted by molar-refractivity contribution is 0.386. The van der Waals surface area contributed by atoms with E-state index in [4.69, 9.17) is 9.79 Å². The molecule has 5 heteroatoms. The molecule has 55 valence electrons. The van der Waals surface area contributed by atoms with Crippen molar-refractivity contribution >= 4 is 12.9 Å². The van der Waals surface area contributed by atoms with E-state index >= 15 is 0 Å². The van der Waals surface area contributed by atoms with Crippen molar-refractivity contribution in [1.82, 2.24) is 0 Å². The summed E-state index contributed by atoms with van der Waals surface area (Å²) < 4.78 is 15.1. The zero-order valence-corrected chi connectivity index (χ0v) is 5.91. The highest BCUT2D eigenvalue weighted by Crippen LogP contribution is 2.34. The van der Waals surface area contributed by atoms with Crippen molar-refractivity contribution in [1.29, 1.82) is 0 Å². The molecule has 0 saturated heterocycles. The summed E-state index contributed by atoms with van der Waals surface area (Å²) in [4.78, 5) is 17.1. The maximum Gasteiger partial charge on any atom is 0.359 e. The van der Waals surface area contributed by atoms with Crippen LogP contribution in [0.4, 0.5) is 0 Å². The van der Waals surface area contributed by atoms with Gasteiger partial charge in [0.05, 0.1) is 6.26 Å². The van der Waals surface area contributed by atoms with Crippen molar-refractivity contribution in [3.05, 3.63) is 25.0 Å². The SMILES string of the molecule is [CH2]c1occc1P(=O)(O)O. The number of hydrogen-bond acceptors (Lipinski definition) is 2. The first-order chi connectivity index (χ1) is 4.52. The molecular weight excluding hydrogens is 155 g/mol. The van der Waals surface area contributed by atoms with Gasteiger partial charge in [0.1, 0.15) is 11.1 Å². The highest BCUT2D eigenvalue weighted by atomic mass is 31.2. The van der Waals surface area contributed by atoms with E-state index in [-0.39, 0.29) is 11.1 Å². The quantitative estimate of drug-likeness (QED) is 0.579. The number of rotatable bonds is 1. The molecule has 1 aromatic rings. The Morgan fingerprint density at radius 3 is 2.40 bits per heavy atom. The topological polar surface area (TPSA) is 70.7 Å². The Bertz CT molecular complexity index is 271. The lowest BCUT2D eigenvalue weighted by Crippen LogP contribution is -2.02. The summed E-state index contributed by atoms with van der Waals surface area (Å²) in [6.45, 7) is 3.29. The van der Waals surface area contributed by atoms with Crippen LogP contribution in [0.2, 0.25) is 0 Å². The van der Waals surface area contributed by atoms with Gasteiger partial charge in [-0.05, 0) is 6.07 Å². The molecule has 0 aromatic carbocycles. The third-order valence-electron chi connectivity index (χ3n) is 1.04. The monoisotopic (exact) mass is 161 g/mol. The number of hydrogen-bond donors (Lipinski definition) is 2. The Morgan fingerprint density at radius 2 is 2.20 bits per heavy atom. The molecule has 0 fully saturated rings. The highest BCUT2D eigenvalue weighted by molar-refractivity contribution is 7.60. The molecule has 0 atom stereocenters. The lowest BCUT2D eigenvalue weighted by Gasteiger charge is -1.98. The van der Waals surface area contributed by atoms with Crippen molar-refractivity contribution in [2.75, 3.05) is 0 Å². The third kappa shape index (κ3) is 1.29. The fraction of sp³-hybridized carbons (Fsp3) is 0. The fourth-order valence-electron chi connectivity index (χ4n) is 0.593. The Balaban J connectivity index is 3.18. The van der Waals surface area contributed by atoms with Gasteiger partial charge in [-0.3, -0.25) is 4.57 Å². The summed E-state index contributed by atoms with van der Waals surface area (Å²) >= 11 is 0. The molecule has 4 nitrogen and oxygen atoms in total. The minimum Gasteiger partial charge on any atom is -0.468 e. The summed E-state index contributed by atoms with van der Waals surface area (Å²) in [7, 11) is -4.16. The zero-order chi connectivity index (χ0) is 7.78. The maximum absolute atomic E-state index is 10.5. The molecule has 0 bridgehead atoms. The molecular formula is C5H6O4P. The summed E-state index contributed by atoms with van der Waals surface area (Å²) in [6, 6.07) is 1.21. The zero-order valence-electron chi connectivity index (χ0n) is 5.02. The Morgan fingerprint density at radius 1 is 1.60 bits per heavy atom. The van der Waals surface area contributed by atoms with Crippen LogP contribution in [-0.2, 0) is 4.57 Å². The predicted octanol–water partition coefficient (Wildman–Crippen LogP) is 0.265. The van der Waals surface area contributed by atoms with E-state index in [1.807, 2.05) is 0 Å². The van der Waals surface area contributed by atoms with Crippen molar-refractivity contribution < 1.29 is 18.8 Å². The summed E-state index contributed by atoms with van der Waals surface area (Å²) in [6.07, 6.45) is 1.19. The smallest absolute Gasteiger partial charge is 0.359 e. The van der Waals surface area contributed by atoms with Gasteiger partial charge < -0.3 is 14.2 Å². The minimum absolute atomic E-state index is 0.0216. The Labute approximate surface area is 57.6 Å². The fourth-order valence-corrected chi connectivity index (χ4v) is 1.23. The molecule has 0 spiro atoms. The van der Waals surface area contributed by atoms with Crippen LogP contribution in [0.3, 0.4) is 0 Å². The average Bonchev–Trinajstić information content (AvgIpc) is 2.11. The first kappa shape index (κ1) is 7.54. The predicted molar refractivity (Wildman–Crippen MR) is 34.8 cm³/mol. The van der Waals surface area contributed by atoms with Gasteiger partial charge in [-0.1, -0.05) is 0 Å². The van der Waals surface area contributed by atoms with Gasteiger partial charge in [0, 0.05) is 6.92 Å².